The van der Waals surface area contributed by atoms with E-state index in [0.29, 0.717) is 5.82 Å². The van der Waals surface area contributed by atoms with Gasteiger partial charge in [-0.1, -0.05) is 18.2 Å². The van der Waals surface area contributed by atoms with E-state index in [1.54, 1.807) is 6.07 Å². The van der Waals surface area contributed by atoms with Gasteiger partial charge in [0.1, 0.15) is 17.3 Å². The van der Waals surface area contributed by atoms with E-state index < -0.39 is 11.7 Å². The Morgan fingerprint density at radius 1 is 1.15 bits per heavy atom. The minimum atomic E-state index is -4.41. The summed E-state index contributed by atoms with van der Waals surface area (Å²) in [6.45, 7) is 0.725. The SMILES string of the molecule is Nc1c(-c2ccccc2C(F)(F)F)nc2n1CCCC2. The number of anilines is 1. The number of hydrogen-bond acceptors (Lipinski definition) is 2. The fraction of sp³-hybridized carbons (Fsp3) is 0.357. The summed E-state index contributed by atoms with van der Waals surface area (Å²) in [7, 11) is 0. The Morgan fingerprint density at radius 2 is 1.90 bits per heavy atom. The van der Waals surface area contributed by atoms with Gasteiger partial charge in [0, 0.05) is 18.5 Å². The molecule has 1 aliphatic heterocycles. The molecular weight excluding hydrogens is 267 g/mol. The maximum Gasteiger partial charge on any atom is 0.417 e. The number of nitrogens with two attached hydrogens (primary N) is 1. The molecule has 0 amide bonds. The zero-order valence-corrected chi connectivity index (χ0v) is 10.7. The second-order valence-electron chi connectivity index (χ2n) is 4.91. The highest BCUT2D eigenvalue weighted by Gasteiger charge is 2.35. The lowest BCUT2D eigenvalue weighted by atomic mass is 10.0. The summed E-state index contributed by atoms with van der Waals surface area (Å²) in [6, 6.07) is 5.43. The van der Waals surface area contributed by atoms with Gasteiger partial charge >= 0.3 is 6.18 Å². The maximum absolute atomic E-state index is 13.1. The Hall–Kier alpha value is -1.98. The molecule has 1 aromatic heterocycles. The second-order valence-corrected chi connectivity index (χ2v) is 4.91. The number of fused-ring (bicyclic) bond motifs is 1. The Morgan fingerprint density at radius 3 is 2.60 bits per heavy atom. The average molecular weight is 281 g/mol. The van der Waals surface area contributed by atoms with Crippen LogP contribution < -0.4 is 5.73 Å². The van der Waals surface area contributed by atoms with Crippen LogP contribution in [0.4, 0.5) is 19.0 Å². The van der Waals surface area contributed by atoms with E-state index in [9.17, 15) is 13.2 Å². The highest BCUT2D eigenvalue weighted by Crippen LogP contribution is 2.39. The third kappa shape index (κ3) is 2.05. The van der Waals surface area contributed by atoms with Gasteiger partial charge in [0.05, 0.1) is 5.56 Å². The molecule has 0 unspecified atom stereocenters. The maximum atomic E-state index is 13.1. The molecule has 3 rings (SSSR count). The molecule has 0 aliphatic carbocycles. The van der Waals surface area contributed by atoms with Crippen LogP contribution in [0.5, 0.6) is 0 Å². The topological polar surface area (TPSA) is 43.8 Å². The van der Waals surface area contributed by atoms with E-state index in [2.05, 4.69) is 4.98 Å². The van der Waals surface area contributed by atoms with Crippen LogP contribution in [-0.4, -0.2) is 9.55 Å². The van der Waals surface area contributed by atoms with Gasteiger partial charge in [0.2, 0.25) is 0 Å². The molecule has 0 saturated carbocycles. The number of alkyl halides is 3. The summed E-state index contributed by atoms with van der Waals surface area (Å²) in [4.78, 5) is 4.33. The quantitative estimate of drug-likeness (QED) is 0.869. The van der Waals surface area contributed by atoms with Gasteiger partial charge in [-0.15, -0.1) is 0 Å². The number of aromatic nitrogens is 2. The van der Waals surface area contributed by atoms with Gasteiger partial charge in [-0.2, -0.15) is 13.2 Å². The van der Waals surface area contributed by atoms with Crippen molar-refractivity contribution in [3.63, 3.8) is 0 Å². The number of imidazole rings is 1. The third-order valence-corrected chi connectivity index (χ3v) is 3.61. The van der Waals surface area contributed by atoms with Crippen molar-refractivity contribution in [1.29, 1.82) is 0 Å². The summed E-state index contributed by atoms with van der Waals surface area (Å²) in [5.41, 5.74) is 5.61. The van der Waals surface area contributed by atoms with Crippen LogP contribution >= 0.6 is 0 Å². The fourth-order valence-corrected chi connectivity index (χ4v) is 2.64. The lowest BCUT2D eigenvalue weighted by Gasteiger charge is -2.14. The molecule has 3 nitrogen and oxygen atoms in total. The van der Waals surface area contributed by atoms with Crippen molar-refractivity contribution in [2.24, 2.45) is 0 Å². The monoisotopic (exact) mass is 281 g/mol. The first-order valence-electron chi connectivity index (χ1n) is 6.50. The zero-order valence-electron chi connectivity index (χ0n) is 10.7. The zero-order chi connectivity index (χ0) is 14.3. The highest BCUT2D eigenvalue weighted by atomic mass is 19.4. The summed E-state index contributed by atoms with van der Waals surface area (Å²) in [5.74, 6) is 1.11. The Bertz CT molecular complexity index is 644. The van der Waals surface area contributed by atoms with Gasteiger partial charge in [0.25, 0.3) is 0 Å². The smallest absolute Gasteiger partial charge is 0.383 e. The lowest BCUT2D eigenvalue weighted by molar-refractivity contribution is -0.137. The molecule has 0 saturated heterocycles. The number of nitrogens with zero attached hydrogens (tertiary/aromatic N) is 2. The molecule has 0 radical (unpaired) electrons. The molecule has 2 aromatic rings. The largest absolute Gasteiger partial charge is 0.417 e. The van der Waals surface area contributed by atoms with Crippen LogP contribution in [0.2, 0.25) is 0 Å². The van der Waals surface area contributed by atoms with E-state index in [1.165, 1.54) is 12.1 Å². The Labute approximate surface area is 114 Å². The van der Waals surface area contributed by atoms with E-state index in [4.69, 9.17) is 5.73 Å². The lowest BCUT2D eigenvalue weighted by Crippen LogP contribution is -2.12. The standard InChI is InChI=1S/C14H14F3N3/c15-14(16,17)10-6-2-1-5-9(10)12-13(18)20-8-4-3-7-11(20)19-12/h1-2,5-6H,3-4,7-8,18H2. The Balaban J connectivity index is 2.17. The summed E-state index contributed by atoms with van der Waals surface area (Å²) < 4.78 is 41.0. The van der Waals surface area contributed by atoms with Gasteiger partial charge in [-0.05, 0) is 18.9 Å². The van der Waals surface area contributed by atoms with Crippen molar-refractivity contribution in [2.45, 2.75) is 32.0 Å². The molecule has 6 heteroatoms. The molecule has 2 N–H and O–H groups in total. The molecule has 0 spiro atoms. The predicted octanol–water partition coefficient (Wildman–Crippen LogP) is 3.49. The number of nitrogen functional groups attached to an aromatic ring is 1. The van der Waals surface area contributed by atoms with Crippen LogP contribution in [0.1, 0.15) is 24.2 Å². The first-order valence-corrected chi connectivity index (χ1v) is 6.50. The van der Waals surface area contributed by atoms with Crippen LogP contribution in [0.25, 0.3) is 11.3 Å². The minimum absolute atomic E-state index is 0.0550. The number of benzene rings is 1. The molecule has 2 heterocycles. The molecule has 0 bridgehead atoms. The van der Waals surface area contributed by atoms with Gasteiger partial charge < -0.3 is 10.3 Å². The van der Waals surface area contributed by atoms with Gasteiger partial charge in [-0.3, -0.25) is 0 Å². The summed E-state index contributed by atoms with van der Waals surface area (Å²) >= 11 is 0. The average Bonchev–Trinajstić information content (AvgIpc) is 2.76. The molecule has 0 fully saturated rings. The number of rotatable bonds is 1. The third-order valence-electron chi connectivity index (χ3n) is 3.61. The van der Waals surface area contributed by atoms with Crippen molar-refractivity contribution < 1.29 is 13.2 Å². The van der Waals surface area contributed by atoms with Crippen molar-refractivity contribution >= 4 is 5.82 Å². The number of aryl methyl sites for hydroxylation is 1. The van der Waals surface area contributed by atoms with Gasteiger partial charge in [-0.25, -0.2) is 4.98 Å². The minimum Gasteiger partial charge on any atom is -0.383 e. The summed E-state index contributed by atoms with van der Waals surface area (Å²) in [5, 5.41) is 0. The fourth-order valence-electron chi connectivity index (χ4n) is 2.64. The van der Waals surface area contributed by atoms with Crippen molar-refractivity contribution in [2.75, 3.05) is 5.73 Å². The number of hydrogen-bond donors (Lipinski definition) is 1. The first kappa shape index (κ1) is 13.0. The van der Waals surface area contributed by atoms with E-state index >= 15 is 0 Å². The Kier molecular flexibility index (Phi) is 2.96. The molecule has 20 heavy (non-hydrogen) atoms. The van der Waals surface area contributed by atoms with Crippen molar-refractivity contribution in [3.05, 3.63) is 35.7 Å². The van der Waals surface area contributed by atoms with E-state index in [1.807, 2.05) is 4.57 Å². The van der Waals surface area contributed by atoms with Crippen LogP contribution in [-0.2, 0) is 19.1 Å². The number of halogens is 3. The highest BCUT2D eigenvalue weighted by molar-refractivity contribution is 5.74. The molecule has 0 atom stereocenters. The first-order chi connectivity index (χ1) is 9.48. The normalized spacial score (nSPS) is 15.2. The predicted molar refractivity (Wildman–Crippen MR) is 70.0 cm³/mol. The van der Waals surface area contributed by atoms with E-state index in [-0.39, 0.29) is 11.3 Å². The van der Waals surface area contributed by atoms with Gasteiger partial charge in [0.15, 0.2) is 0 Å². The summed E-state index contributed by atoms with van der Waals surface area (Å²) in [6.07, 6.45) is -1.67. The van der Waals surface area contributed by atoms with Crippen LogP contribution in [0.15, 0.2) is 24.3 Å². The van der Waals surface area contributed by atoms with Crippen molar-refractivity contribution in [1.82, 2.24) is 9.55 Å². The molecular formula is C14H14F3N3. The van der Waals surface area contributed by atoms with Crippen molar-refractivity contribution in [3.8, 4) is 11.3 Å². The van der Waals surface area contributed by atoms with E-state index in [0.717, 1.165) is 37.7 Å². The second kappa shape index (κ2) is 4.54. The van der Waals surface area contributed by atoms with Crippen LogP contribution in [0.3, 0.4) is 0 Å². The molecule has 1 aliphatic rings. The molecule has 1 aromatic carbocycles. The van der Waals surface area contributed by atoms with Crippen LogP contribution in [0, 0.1) is 0 Å². The molecule has 106 valence electrons.